The minimum Gasteiger partial charge on any atom is -0.446 e. The van der Waals surface area contributed by atoms with Gasteiger partial charge in [-0.3, -0.25) is 0 Å². The molecule has 2 aliphatic carbocycles. The molecule has 0 aliphatic heterocycles. The molecule has 11 nitrogen and oxygen atoms in total. The Morgan fingerprint density at radius 3 is 1.68 bits per heavy atom. The molecule has 0 atom stereocenters. The van der Waals surface area contributed by atoms with E-state index in [1.165, 1.54) is 17.1 Å². The van der Waals surface area contributed by atoms with E-state index in [0.29, 0.717) is 0 Å². The summed E-state index contributed by atoms with van der Waals surface area (Å²) in [6.07, 6.45) is 9.19. The Morgan fingerprint density at radius 1 is 0.811 bits per heavy atom. The van der Waals surface area contributed by atoms with E-state index in [1.54, 1.807) is 6.20 Å². The highest BCUT2D eigenvalue weighted by atomic mass is 16.6. The molecule has 11 heteroatoms. The van der Waals surface area contributed by atoms with Crippen molar-refractivity contribution in [1.29, 1.82) is 0 Å². The average molecular weight is 525 g/mol. The van der Waals surface area contributed by atoms with Crippen molar-refractivity contribution in [3.05, 3.63) is 18.7 Å². The number of aliphatic hydroxyl groups excluding tert-OH is 1. The Bertz CT molecular complexity index is 845. The largest absolute Gasteiger partial charge is 0.446 e. The highest BCUT2D eigenvalue weighted by Gasteiger charge is 2.27. The van der Waals surface area contributed by atoms with Crippen LogP contribution in [-0.2, 0) is 14.2 Å². The molecule has 2 aliphatic rings. The van der Waals surface area contributed by atoms with Crippen molar-refractivity contribution in [2.24, 2.45) is 0 Å². The molecule has 1 heterocycles. The summed E-state index contributed by atoms with van der Waals surface area (Å²) < 4.78 is 17.1. The van der Waals surface area contributed by atoms with Crippen molar-refractivity contribution >= 4 is 18.3 Å². The topological polar surface area (TPSA) is 141 Å². The second kappa shape index (κ2) is 13.6. The van der Waals surface area contributed by atoms with Crippen molar-refractivity contribution < 1.29 is 33.7 Å². The van der Waals surface area contributed by atoms with Gasteiger partial charge in [0.05, 0.1) is 6.10 Å². The summed E-state index contributed by atoms with van der Waals surface area (Å²) in [5.74, 6) is 0. The smallest absolute Gasteiger partial charge is 0.419 e. The van der Waals surface area contributed by atoms with Crippen LogP contribution in [-0.4, -0.2) is 68.4 Å². The zero-order valence-electron chi connectivity index (χ0n) is 23.0. The Kier molecular flexibility index (Phi) is 11.2. The van der Waals surface area contributed by atoms with Gasteiger partial charge in [-0.1, -0.05) is 0 Å². The minimum atomic E-state index is -0.498. The van der Waals surface area contributed by atoms with E-state index in [-0.39, 0.29) is 30.4 Å². The highest BCUT2D eigenvalue weighted by Crippen LogP contribution is 2.22. The number of imidazole rings is 1. The van der Waals surface area contributed by atoms with Gasteiger partial charge in [0, 0.05) is 24.5 Å². The van der Waals surface area contributed by atoms with Gasteiger partial charge >= 0.3 is 18.3 Å². The molecule has 37 heavy (non-hydrogen) atoms. The first-order valence-corrected chi connectivity index (χ1v) is 13.1. The summed E-state index contributed by atoms with van der Waals surface area (Å²) in [6.45, 7) is 11.0. The van der Waals surface area contributed by atoms with Crippen LogP contribution < -0.4 is 10.6 Å². The van der Waals surface area contributed by atoms with E-state index in [0.717, 1.165) is 51.4 Å². The summed E-state index contributed by atoms with van der Waals surface area (Å²) in [5.41, 5.74) is -0.945. The van der Waals surface area contributed by atoms with Crippen LogP contribution in [0, 0.1) is 0 Å². The average Bonchev–Trinajstić information content (AvgIpc) is 3.30. The lowest BCUT2D eigenvalue weighted by atomic mass is 9.93. The number of aliphatic hydroxyl groups is 1. The van der Waals surface area contributed by atoms with Gasteiger partial charge < -0.3 is 30.0 Å². The second-order valence-corrected chi connectivity index (χ2v) is 11.6. The van der Waals surface area contributed by atoms with Crippen LogP contribution in [0.25, 0.3) is 0 Å². The molecule has 210 valence electrons. The Labute approximate surface area is 219 Å². The summed E-state index contributed by atoms with van der Waals surface area (Å²) in [7, 11) is 0. The molecule has 0 aromatic carbocycles. The van der Waals surface area contributed by atoms with Gasteiger partial charge in [-0.2, -0.15) is 0 Å². The van der Waals surface area contributed by atoms with E-state index in [9.17, 15) is 19.5 Å². The molecule has 2 saturated carbocycles. The van der Waals surface area contributed by atoms with Crippen LogP contribution in [0.1, 0.15) is 92.9 Å². The van der Waals surface area contributed by atoms with Crippen molar-refractivity contribution in [3.8, 4) is 0 Å². The minimum absolute atomic E-state index is 0.0676. The number of carbonyl (C=O) groups excluding carboxylic acids is 3. The molecule has 2 amide bonds. The van der Waals surface area contributed by atoms with Gasteiger partial charge in [0.1, 0.15) is 23.6 Å². The van der Waals surface area contributed by atoms with E-state index < -0.39 is 23.4 Å². The van der Waals surface area contributed by atoms with Crippen LogP contribution in [0.3, 0.4) is 0 Å². The molecular weight excluding hydrogens is 480 g/mol. The van der Waals surface area contributed by atoms with E-state index in [2.05, 4.69) is 15.6 Å². The van der Waals surface area contributed by atoms with E-state index >= 15 is 0 Å². The van der Waals surface area contributed by atoms with Crippen molar-refractivity contribution in [2.75, 3.05) is 0 Å². The van der Waals surface area contributed by atoms with Crippen LogP contribution >= 0.6 is 0 Å². The molecular formula is C26H44N4O7. The van der Waals surface area contributed by atoms with Gasteiger partial charge in [-0.25, -0.2) is 23.9 Å². The Balaban J connectivity index is 0.000000281. The van der Waals surface area contributed by atoms with Gasteiger partial charge in [0.15, 0.2) is 0 Å². The Hall–Kier alpha value is -2.82. The number of aromatic nitrogens is 2. The summed E-state index contributed by atoms with van der Waals surface area (Å²) in [6, 6.07) is 0.223. The van der Waals surface area contributed by atoms with Crippen LogP contribution in [0.15, 0.2) is 18.7 Å². The second-order valence-electron chi connectivity index (χ2n) is 11.6. The maximum absolute atomic E-state index is 11.8. The number of rotatable bonds is 3. The molecule has 3 rings (SSSR count). The van der Waals surface area contributed by atoms with Crippen LogP contribution in [0.2, 0.25) is 0 Å². The zero-order chi connectivity index (χ0) is 27.6. The monoisotopic (exact) mass is 524 g/mol. The van der Waals surface area contributed by atoms with Gasteiger partial charge in [0.25, 0.3) is 0 Å². The number of ether oxygens (including phenoxy) is 3. The maximum Gasteiger partial charge on any atom is 0.419 e. The number of carbonyl (C=O) groups is 3. The molecule has 0 unspecified atom stereocenters. The van der Waals surface area contributed by atoms with Crippen LogP contribution in [0.5, 0.6) is 0 Å². The quantitative estimate of drug-likeness (QED) is 0.490. The first-order chi connectivity index (χ1) is 17.2. The fourth-order valence-corrected chi connectivity index (χ4v) is 4.06. The SMILES string of the molecule is CC(C)(C)OC(=O)NC1CCC(O)CC1.CC(C)(C)OC(=O)NC1CCC(OC(=O)n2ccnc2)CC1. The maximum atomic E-state index is 11.8. The third kappa shape index (κ3) is 12.8. The normalized spacial score (nSPS) is 24.1. The number of hydrogen-bond acceptors (Lipinski definition) is 8. The molecule has 3 N–H and O–H groups in total. The molecule has 1 aromatic heterocycles. The first-order valence-electron chi connectivity index (χ1n) is 13.1. The van der Waals surface area contributed by atoms with E-state index in [4.69, 9.17) is 14.2 Å². The third-order valence-electron chi connectivity index (χ3n) is 5.80. The Morgan fingerprint density at radius 2 is 1.27 bits per heavy atom. The summed E-state index contributed by atoms with van der Waals surface area (Å²) in [4.78, 5) is 38.7. The van der Waals surface area contributed by atoms with Crippen molar-refractivity contribution in [1.82, 2.24) is 20.2 Å². The molecule has 0 bridgehead atoms. The van der Waals surface area contributed by atoms with Crippen molar-refractivity contribution in [3.63, 3.8) is 0 Å². The lowest BCUT2D eigenvalue weighted by Crippen LogP contribution is -2.42. The van der Waals surface area contributed by atoms with Gasteiger partial charge in [0.2, 0.25) is 0 Å². The molecule has 2 fully saturated rings. The summed E-state index contributed by atoms with van der Waals surface area (Å²) in [5, 5.41) is 15.0. The predicted octanol–water partition coefficient (Wildman–Crippen LogP) is 4.52. The zero-order valence-corrected chi connectivity index (χ0v) is 23.0. The fourth-order valence-electron chi connectivity index (χ4n) is 4.06. The number of amides is 2. The summed E-state index contributed by atoms with van der Waals surface area (Å²) >= 11 is 0. The fraction of sp³-hybridized carbons (Fsp3) is 0.769. The molecule has 0 radical (unpaired) electrons. The first kappa shape index (κ1) is 30.4. The van der Waals surface area contributed by atoms with Gasteiger partial charge in [-0.05, 0) is 92.9 Å². The van der Waals surface area contributed by atoms with Crippen LogP contribution in [0.4, 0.5) is 14.4 Å². The number of alkyl carbamates (subject to hydrolysis) is 2. The van der Waals surface area contributed by atoms with Crippen molar-refractivity contribution in [2.45, 2.75) is 128 Å². The number of nitrogens with zero attached hydrogens (tertiary/aromatic N) is 2. The molecule has 0 saturated heterocycles. The standard InChI is InChI=1S/C15H23N3O4.C11H21NO3/c1-15(2,3)22-13(19)17-11-4-6-12(7-5-11)21-14(20)18-9-8-16-10-18;1-11(2,3)15-10(14)12-8-4-6-9(13)7-5-8/h8-12H,4-7H2,1-3H3,(H,17,19);8-9,13H,4-7H2,1-3H3,(H,12,14). The number of hydrogen-bond donors (Lipinski definition) is 3. The predicted molar refractivity (Wildman–Crippen MR) is 137 cm³/mol. The van der Waals surface area contributed by atoms with Gasteiger partial charge in [-0.15, -0.1) is 0 Å². The highest BCUT2D eigenvalue weighted by molar-refractivity contribution is 5.70. The lowest BCUT2D eigenvalue weighted by molar-refractivity contribution is 0.0426. The number of nitrogens with one attached hydrogen (secondary N) is 2. The lowest BCUT2D eigenvalue weighted by Gasteiger charge is -2.29. The van der Waals surface area contributed by atoms with E-state index in [1.807, 2.05) is 41.5 Å². The third-order valence-corrected chi connectivity index (χ3v) is 5.80. The molecule has 0 spiro atoms. The molecule has 1 aromatic rings.